The molecule has 0 aromatic carbocycles. The van der Waals surface area contributed by atoms with Gasteiger partial charge in [0.15, 0.2) is 13.2 Å². The molecule has 0 saturated heterocycles. The van der Waals surface area contributed by atoms with Gasteiger partial charge >= 0.3 is 17.9 Å². The lowest BCUT2D eigenvalue weighted by atomic mass is 9.63. The van der Waals surface area contributed by atoms with Crippen molar-refractivity contribution in [1.82, 2.24) is 0 Å². The molecule has 0 radical (unpaired) electrons. The average Bonchev–Trinajstić information content (AvgIpc) is 2.56. The summed E-state index contributed by atoms with van der Waals surface area (Å²) in [6.45, 7) is 3.12. The zero-order valence-electron chi connectivity index (χ0n) is 15.0. The Morgan fingerprint density at radius 1 is 1.15 bits per heavy atom. The highest BCUT2D eigenvalue weighted by molar-refractivity contribution is 5.88. The number of hydrogen-bond acceptors (Lipinski definition) is 8. The van der Waals surface area contributed by atoms with E-state index in [4.69, 9.17) is 9.47 Å². The molecule has 0 aromatic rings. The summed E-state index contributed by atoms with van der Waals surface area (Å²) in [6, 6.07) is 0. The summed E-state index contributed by atoms with van der Waals surface area (Å²) in [7, 11) is 0. The van der Waals surface area contributed by atoms with Gasteiger partial charge in [-0.15, -0.1) is 0 Å². The van der Waals surface area contributed by atoms with Gasteiger partial charge in [-0.3, -0.25) is 0 Å². The van der Waals surface area contributed by atoms with Gasteiger partial charge in [-0.05, 0) is 32.1 Å². The number of hydrogen-bond donors (Lipinski definition) is 2. The lowest BCUT2D eigenvalue weighted by molar-refractivity contribution is -0.199. The van der Waals surface area contributed by atoms with Gasteiger partial charge in [0.2, 0.25) is 0 Å². The van der Waals surface area contributed by atoms with Crippen molar-refractivity contribution < 1.29 is 38.8 Å². The highest BCUT2D eigenvalue weighted by Gasteiger charge is 2.51. The fourth-order valence-electron chi connectivity index (χ4n) is 3.92. The van der Waals surface area contributed by atoms with Crippen molar-refractivity contribution in [2.45, 2.75) is 56.7 Å². The number of carbonyl (C=O) groups is 3. The van der Waals surface area contributed by atoms with E-state index in [1.54, 1.807) is 0 Å². The van der Waals surface area contributed by atoms with Crippen molar-refractivity contribution in [3.63, 3.8) is 0 Å². The van der Waals surface area contributed by atoms with Gasteiger partial charge in [-0.1, -0.05) is 19.4 Å². The monoisotopic (exact) mass is 370 g/mol. The minimum absolute atomic E-state index is 0.142. The molecule has 2 rings (SSSR count). The Balaban J connectivity index is 1.83. The van der Waals surface area contributed by atoms with E-state index in [0.29, 0.717) is 19.3 Å². The number of aliphatic hydroxyl groups excluding tert-OH is 1. The van der Waals surface area contributed by atoms with Crippen molar-refractivity contribution >= 4 is 17.9 Å². The first kappa shape index (κ1) is 20.4. The molecule has 3 atom stereocenters. The Morgan fingerprint density at radius 2 is 1.85 bits per heavy atom. The number of carbonyl (C=O) groups excluding carboxylic acids is 3. The SMILES string of the molecule is C=C(C)C(=O)OCC(=O)OCC(=O)OC1(CO)CC2CCCC(O)(C2)C1. The van der Waals surface area contributed by atoms with Crippen LogP contribution < -0.4 is 0 Å². The van der Waals surface area contributed by atoms with Gasteiger partial charge < -0.3 is 24.4 Å². The summed E-state index contributed by atoms with van der Waals surface area (Å²) in [5.41, 5.74) is -1.95. The van der Waals surface area contributed by atoms with Crippen molar-refractivity contribution in [2.75, 3.05) is 19.8 Å². The second-order valence-corrected chi connectivity index (χ2v) is 7.40. The third kappa shape index (κ3) is 5.28. The Morgan fingerprint density at radius 3 is 2.46 bits per heavy atom. The molecule has 0 aliphatic heterocycles. The van der Waals surface area contributed by atoms with Gasteiger partial charge in [-0.25, -0.2) is 14.4 Å². The van der Waals surface area contributed by atoms with Crippen LogP contribution in [0.25, 0.3) is 0 Å². The number of aliphatic hydroxyl groups is 2. The normalized spacial score (nSPS) is 30.2. The van der Waals surface area contributed by atoms with E-state index in [1.165, 1.54) is 6.92 Å². The molecule has 2 saturated carbocycles. The van der Waals surface area contributed by atoms with E-state index in [2.05, 4.69) is 11.3 Å². The van der Waals surface area contributed by atoms with Crippen LogP contribution in [0.2, 0.25) is 0 Å². The summed E-state index contributed by atoms with van der Waals surface area (Å²) in [4.78, 5) is 34.7. The Kier molecular flexibility index (Phi) is 6.41. The van der Waals surface area contributed by atoms with E-state index >= 15 is 0 Å². The first-order valence-corrected chi connectivity index (χ1v) is 8.70. The molecule has 0 heterocycles. The molecule has 8 heteroatoms. The standard InChI is InChI=1S/C18H26O8/c1-12(2)16(22)25-8-14(20)24-9-15(21)26-18(11-19)7-13-4-3-5-17(23,6-13)10-18/h13,19,23H,1,3-11H2,2H3. The number of fused-ring (bicyclic) bond motifs is 2. The molecule has 2 bridgehead atoms. The van der Waals surface area contributed by atoms with Gasteiger partial charge in [0, 0.05) is 12.0 Å². The minimum Gasteiger partial charge on any atom is -0.454 e. The number of ether oxygens (including phenoxy) is 3. The van der Waals surface area contributed by atoms with Gasteiger partial charge in [0.05, 0.1) is 12.2 Å². The maximum atomic E-state index is 12.0. The van der Waals surface area contributed by atoms with Crippen molar-refractivity contribution in [2.24, 2.45) is 5.92 Å². The molecular weight excluding hydrogens is 344 g/mol. The zero-order valence-corrected chi connectivity index (χ0v) is 15.0. The predicted octanol–water partition coefficient (Wildman–Crippen LogP) is 0.638. The van der Waals surface area contributed by atoms with Crippen LogP contribution in [-0.4, -0.2) is 59.1 Å². The van der Waals surface area contributed by atoms with Crippen LogP contribution in [0.15, 0.2) is 12.2 Å². The Bertz CT molecular complexity index is 586. The maximum Gasteiger partial charge on any atom is 0.344 e. The zero-order chi connectivity index (χ0) is 19.4. The molecule has 146 valence electrons. The molecule has 8 nitrogen and oxygen atoms in total. The number of rotatable bonds is 7. The molecule has 0 amide bonds. The predicted molar refractivity (Wildman–Crippen MR) is 88.8 cm³/mol. The molecular formula is C18H26O8. The molecule has 0 spiro atoms. The van der Waals surface area contributed by atoms with Crippen LogP contribution in [-0.2, 0) is 28.6 Å². The van der Waals surface area contributed by atoms with Crippen molar-refractivity contribution in [1.29, 1.82) is 0 Å². The fourth-order valence-corrected chi connectivity index (χ4v) is 3.92. The van der Waals surface area contributed by atoms with Gasteiger partial charge in [0.1, 0.15) is 5.60 Å². The topological polar surface area (TPSA) is 119 Å². The lowest BCUT2D eigenvalue weighted by Crippen LogP contribution is -2.55. The molecule has 2 fully saturated rings. The van der Waals surface area contributed by atoms with Gasteiger partial charge in [0.25, 0.3) is 0 Å². The summed E-state index contributed by atoms with van der Waals surface area (Å²) in [6.07, 6.45) is 3.74. The molecule has 2 aliphatic carbocycles. The minimum atomic E-state index is -1.16. The van der Waals surface area contributed by atoms with Crippen molar-refractivity contribution in [3.05, 3.63) is 12.2 Å². The second-order valence-electron chi connectivity index (χ2n) is 7.40. The quantitative estimate of drug-likeness (QED) is 0.381. The van der Waals surface area contributed by atoms with Crippen LogP contribution in [0.3, 0.4) is 0 Å². The summed E-state index contributed by atoms with van der Waals surface area (Å²) < 4.78 is 14.7. The lowest BCUT2D eigenvalue weighted by Gasteiger charge is -2.50. The summed E-state index contributed by atoms with van der Waals surface area (Å²) in [5.74, 6) is -2.26. The Labute approximate surface area is 152 Å². The highest BCUT2D eigenvalue weighted by atomic mass is 16.6. The van der Waals surface area contributed by atoms with E-state index < -0.39 is 48.9 Å². The van der Waals surface area contributed by atoms with Crippen molar-refractivity contribution in [3.8, 4) is 0 Å². The summed E-state index contributed by atoms with van der Waals surface area (Å²) in [5, 5.41) is 20.4. The molecule has 2 aliphatic rings. The van der Waals surface area contributed by atoms with Crippen LogP contribution >= 0.6 is 0 Å². The number of esters is 3. The molecule has 0 aromatic heterocycles. The molecule has 2 N–H and O–H groups in total. The van der Waals surface area contributed by atoms with Crippen LogP contribution in [0.5, 0.6) is 0 Å². The first-order valence-electron chi connectivity index (χ1n) is 8.70. The fraction of sp³-hybridized carbons (Fsp3) is 0.722. The smallest absolute Gasteiger partial charge is 0.344 e. The van der Waals surface area contributed by atoms with E-state index in [9.17, 15) is 24.6 Å². The van der Waals surface area contributed by atoms with E-state index in [-0.39, 0.29) is 17.9 Å². The van der Waals surface area contributed by atoms with E-state index in [1.807, 2.05) is 0 Å². The first-order chi connectivity index (χ1) is 12.2. The average molecular weight is 370 g/mol. The maximum absolute atomic E-state index is 12.0. The van der Waals surface area contributed by atoms with Crippen LogP contribution in [0.4, 0.5) is 0 Å². The van der Waals surface area contributed by atoms with E-state index in [0.717, 1.165) is 12.8 Å². The summed E-state index contributed by atoms with van der Waals surface area (Å²) >= 11 is 0. The second kappa shape index (κ2) is 8.18. The highest BCUT2D eigenvalue weighted by Crippen LogP contribution is 2.48. The van der Waals surface area contributed by atoms with Crippen LogP contribution in [0, 0.1) is 5.92 Å². The largest absolute Gasteiger partial charge is 0.454 e. The third-order valence-corrected chi connectivity index (χ3v) is 4.87. The molecule has 26 heavy (non-hydrogen) atoms. The van der Waals surface area contributed by atoms with Crippen LogP contribution in [0.1, 0.15) is 45.4 Å². The molecule has 3 unspecified atom stereocenters. The Hall–Kier alpha value is -1.93. The van der Waals surface area contributed by atoms with Gasteiger partial charge in [-0.2, -0.15) is 0 Å². The third-order valence-electron chi connectivity index (χ3n) is 4.87.